The molecule has 1 N–H and O–H groups in total. The number of aliphatic carboxylic acids is 1. The number of carboxylic acid groups (broad SMARTS) is 1. The zero-order valence-electron chi connectivity index (χ0n) is 13.1. The Bertz CT molecular complexity index is 955. The second kappa shape index (κ2) is 5.39. The second-order valence-electron chi connectivity index (χ2n) is 5.54. The molecule has 3 aromatic rings. The highest BCUT2D eigenvalue weighted by molar-refractivity contribution is 5.88. The lowest BCUT2D eigenvalue weighted by molar-refractivity contribution is -0.140. The van der Waals surface area contributed by atoms with Crippen molar-refractivity contribution in [1.29, 1.82) is 0 Å². The number of rotatable bonds is 3. The van der Waals surface area contributed by atoms with Crippen LogP contribution >= 0.6 is 0 Å². The number of aryl methyl sites for hydroxylation is 2. The number of carboxylic acids is 1. The first kappa shape index (κ1) is 15.0. The molecule has 6 nitrogen and oxygen atoms in total. The van der Waals surface area contributed by atoms with E-state index in [9.17, 15) is 14.7 Å². The highest BCUT2D eigenvalue weighted by Crippen LogP contribution is 2.26. The van der Waals surface area contributed by atoms with Crippen LogP contribution in [0.25, 0.3) is 16.5 Å². The summed E-state index contributed by atoms with van der Waals surface area (Å²) in [5.41, 5.74) is 1.81. The van der Waals surface area contributed by atoms with Crippen LogP contribution in [0.3, 0.4) is 0 Å². The maximum absolute atomic E-state index is 12.8. The third-order valence-corrected chi connectivity index (χ3v) is 4.20. The first-order valence-electron chi connectivity index (χ1n) is 7.31. The van der Waals surface area contributed by atoms with Crippen molar-refractivity contribution in [3.63, 3.8) is 0 Å². The van der Waals surface area contributed by atoms with Gasteiger partial charge in [0, 0.05) is 16.8 Å². The zero-order valence-corrected chi connectivity index (χ0v) is 13.1. The highest BCUT2D eigenvalue weighted by Gasteiger charge is 2.23. The van der Waals surface area contributed by atoms with Crippen molar-refractivity contribution in [2.75, 3.05) is 0 Å². The number of aromatic nitrogens is 3. The molecule has 0 saturated heterocycles. The first-order chi connectivity index (χ1) is 10.9. The van der Waals surface area contributed by atoms with Crippen molar-refractivity contribution in [1.82, 2.24) is 14.3 Å². The summed E-state index contributed by atoms with van der Waals surface area (Å²) in [6.07, 6.45) is 1.62. The fraction of sp³-hybridized carbons (Fsp3) is 0.235. The third-order valence-electron chi connectivity index (χ3n) is 4.20. The van der Waals surface area contributed by atoms with Gasteiger partial charge in [-0.2, -0.15) is 9.78 Å². The minimum atomic E-state index is -0.937. The molecule has 1 atom stereocenters. The molecule has 2 heterocycles. The monoisotopic (exact) mass is 311 g/mol. The molecule has 0 fully saturated rings. The average Bonchev–Trinajstić information content (AvgIpc) is 2.79. The molecule has 118 valence electrons. The fourth-order valence-corrected chi connectivity index (χ4v) is 3.02. The zero-order chi connectivity index (χ0) is 16.7. The molecule has 0 aliphatic rings. The summed E-state index contributed by atoms with van der Waals surface area (Å²) in [6, 6.07) is 8.41. The van der Waals surface area contributed by atoms with E-state index in [2.05, 4.69) is 5.10 Å². The molecule has 0 saturated carbocycles. The summed E-state index contributed by atoms with van der Waals surface area (Å²) in [6.45, 7) is 5.18. The molecule has 0 spiro atoms. The number of nitrogens with zero attached hydrogens (tertiary/aromatic N) is 3. The molecule has 23 heavy (non-hydrogen) atoms. The van der Waals surface area contributed by atoms with E-state index in [1.165, 1.54) is 4.68 Å². The maximum Gasteiger partial charge on any atom is 0.326 e. The average molecular weight is 311 g/mol. The Morgan fingerprint density at radius 1 is 1.17 bits per heavy atom. The number of hydrogen-bond donors (Lipinski definition) is 1. The number of carbonyl (C=O) groups is 1. The lowest BCUT2D eigenvalue weighted by atomic mass is 10.2. The Balaban J connectivity index is 2.33. The Hall–Kier alpha value is -2.89. The third kappa shape index (κ3) is 2.23. The van der Waals surface area contributed by atoms with Gasteiger partial charge in [-0.05, 0) is 32.9 Å². The Labute approximate surface area is 132 Å². The largest absolute Gasteiger partial charge is 0.480 e. The van der Waals surface area contributed by atoms with Gasteiger partial charge in [0.2, 0.25) is 0 Å². The van der Waals surface area contributed by atoms with Crippen LogP contribution in [0.4, 0.5) is 0 Å². The molecule has 1 aromatic carbocycles. The molecule has 2 aromatic heterocycles. The van der Waals surface area contributed by atoms with Crippen LogP contribution in [0.15, 0.2) is 41.3 Å². The molecule has 3 rings (SSSR count). The molecular formula is C17H17N3O3. The lowest BCUT2D eigenvalue weighted by Gasteiger charge is -2.13. The van der Waals surface area contributed by atoms with E-state index >= 15 is 0 Å². The summed E-state index contributed by atoms with van der Waals surface area (Å²) in [7, 11) is 0. The minimum absolute atomic E-state index is 0.245. The van der Waals surface area contributed by atoms with E-state index in [0.29, 0.717) is 22.2 Å². The van der Waals surface area contributed by atoms with Crippen molar-refractivity contribution in [3.8, 4) is 5.69 Å². The van der Waals surface area contributed by atoms with E-state index < -0.39 is 12.0 Å². The van der Waals surface area contributed by atoms with Gasteiger partial charge >= 0.3 is 5.97 Å². The molecule has 6 heteroatoms. The summed E-state index contributed by atoms with van der Waals surface area (Å²) in [5.74, 6) is -0.937. The molecule has 0 bridgehead atoms. The lowest BCUT2D eigenvalue weighted by Crippen LogP contribution is -2.21. The van der Waals surface area contributed by atoms with Crippen LogP contribution < -0.4 is 5.56 Å². The maximum atomic E-state index is 12.8. The van der Waals surface area contributed by atoms with Crippen LogP contribution in [0.2, 0.25) is 0 Å². The Morgan fingerprint density at radius 3 is 2.43 bits per heavy atom. The normalized spacial score (nSPS) is 12.5. The van der Waals surface area contributed by atoms with Crippen molar-refractivity contribution >= 4 is 16.7 Å². The van der Waals surface area contributed by atoms with Gasteiger partial charge in [0.15, 0.2) is 0 Å². The highest BCUT2D eigenvalue weighted by atomic mass is 16.4. The van der Waals surface area contributed by atoms with Gasteiger partial charge in [0.25, 0.3) is 5.56 Å². The van der Waals surface area contributed by atoms with E-state index in [1.807, 2.05) is 25.1 Å². The molecule has 0 aliphatic carbocycles. The first-order valence-corrected chi connectivity index (χ1v) is 7.31. The van der Waals surface area contributed by atoms with Crippen LogP contribution in [0.5, 0.6) is 0 Å². The predicted octanol–water partition coefficient (Wildman–Crippen LogP) is 2.45. The van der Waals surface area contributed by atoms with Gasteiger partial charge in [-0.25, -0.2) is 4.79 Å². The quantitative estimate of drug-likeness (QED) is 0.806. The van der Waals surface area contributed by atoms with Crippen molar-refractivity contribution in [2.45, 2.75) is 26.8 Å². The van der Waals surface area contributed by atoms with E-state index in [0.717, 1.165) is 5.69 Å². The van der Waals surface area contributed by atoms with E-state index in [4.69, 9.17) is 0 Å². The molecule has 0 radical (unpaired) electrons. The van der Waals surface area contributed by atoms with Crippen LogP contribution in [-0.2, 0) is 4.79 Å². The number of benzene rings is 1. The van der Waals surface area contributed by atoms with Gasteiger partial charge in [0.1, 0.15) is 6.04 Å². The summed E-state index contributed by atoms with van der Waals surface area (Å²) < 4.78 is 3.01. The summed E-state index contributed by atoms with van der Waals surface area (Å²) in [5, 5.41) is 14.7. The van der Waals surface area contributed by atoms with Gasteiger partial charge in [-0.3, -0.25) is 4.79 Å². The molecule has 0 aliphatic heterocycles. The van der Waals surface area contributed by atoms with Crippen molar-refractivity contribution in [2.24, 2.45) is 0 Å². The summed E-state index contributed by atoms with van der Waals surface area (Å²) in [4.78, 5) is 24.2. The van der Waals surface area contributed by atoms with Crippen molar-refractivity contribution < 1.29 is 9.90 Å². The van der Waals surface area contributed by atoms with Crippen LogP contribution in [-0.4, -0.2) is 25.4 Å². The fourth-order valence-electron chi connectivity index (χ4n) is 3.02. The number of fused-ring (bicyclic) bond motifs is 1. The van der Waals surface area contributed by atoms with E-state index in [1.54, 1.807) is 36.7 Å². The number of hydrogen-bond acceptors (Lipinski definition) is 3. The second-order valence-corrected chi connectivity index (χ2v) is 5.54. The van der Waals surface area contributed by atoms with Gasteiger partial charge in [0.05, 0.1) is 17.3 Å². The topological polar surface area (TPSA) is 77.1 Å². The summed E-state index contributed by atoms with van der Waals surface area (Å²) >= 11 is 0. The molecule has 0 unspecified atom stereocenters. The van der Waals surface area contributed by atoms with Crippen molar-refractivity contribution in [3.05, 3.63) is 58.3 Å². The predicted molar refractivity (Wildman–Crippen MR) is 87.2 cm³/mol. The van der Waals surface area contributed by atoms with Crippen LogP contribution in [0, 0.1) is 13.8 Å². The minimum Gasteiger partial charge on any atom is -0.480 e. The SMILES string of the molecule is Cc1c2cnn(-c3ccccc3)c(=O)c2c(C)n1[C@@H](C)C(=O)O. The van der Waals surface area contributed by atoms with Gasteiger partial charge in [-0.1, -0.05) is 18.2 Å². The Kier molecular flexibility index (Phi) is 3.52. The molecular weight excluding hydrogens is 294 g/mol. The molecule has 0 amide bonds. The smallest absolute Gasteiger partial charge is 0.326 e. The van der Waals surface area contributed by atoms with Gasteiger partial charge in [-0.15, -0.1) is 0 Å². The Morgan fingerprint density at radius 2 is 1.83 bits per heavy atom. The number of para-hydroxylation sites is 1. The van der Waals surface area contributed by atoms with E-state index in [-0.39, 0.29) is 5.56 Å². The van der Waals surface area contributed by atoms with Crippen LogP contribution in [0.1, 0.15) is 24.4 Å². The standard InChI is InChI=1S/C17H17N3O3/c1-10-14-9-18-20(13-7-5-4-6-8-13)16(21)15(14)11(2)19(10)12(3)17(22)23/h4-9,12H,1-3H3,(H,22,23)/t12-/m0/s1. The van der Waals surface area contributed by atoms with Gasteiger partial charge < -0.3 is 9.67 Å².